The van der Waals surface area contributed by atoms with Crippen molar-refractivity contribution in [2.45, 2.75) is 12.8 Å². The van der Waals surface area contributed by atoms with E-state index in [4.69, 9.17) is 10.5 Å². The number of nitrogens with two attached hydrogens (primary N) is 1. The van der Waals surface area contributed by atoms with Gasteiger partial charge in [-0.25, -0.2) is 0 Å². The van der Waals surface area contributed by atoms with Crippen LogP contribution >= 0.6 is 0 Å². The zero-order valence-electron chi connectivity index (χ0n) is 10.3. The zero-order chi connectivity index (χ0) is 13.1. The van der Waals surface area contributed by atoms with Gasteiger partial charge in [0.1, 0.15) is 5.69 Å². The minimum absolute atomic E-state index is 0.0741. The molecule has 0 aliphatic carbocycles. The molecule has 18 heavy (non-hydrogen) atoms. The molecule has 1 aliphatic rings. The number of nitrogen functional groups attached to an aromatic ring is 1. The van der Waals surface area contributed by atoms with Crippen LogP contribution in [0.25, 0.3) is 0 Å². The third-order valence-corrected chi connectivity index (χ3v) is 3.25. The second-order valence-electron chi connectivity index (χ2n) is 4.44. The van der Waals surface area contributed by atoms with E-state index in [1.165, 1.54) is 7.11 Å². The highest BCUT2D eigenvalue weighted by molar-refractivity contribution is 5.93. The number of anilines is 1. The van der Waals surface area contributed by atoms with Gasteiger partial charge in [-0.05, 0) is 18.9 Å². The summed E-state index contributed by atoms with van der Waals surface area (Å²) >= 11 is 0. The molecule has 1 aromatic heterocycles. The highest BCUT2D eigenvalue weighted by Crippen LogP contribution is 2.20. The second-order valence-corrected chi connectivity index (χ2v) is 4.44. The van der Waals surface area contributed by atoms with E-state index in [2.05, 4.69) is 4.98 Å². The van der Waals surface area contributed by atoms with Crippen molar-refractivity contribution < 1.29 is 14.3 Å². The Hall–Kier alpha value is -1.98. The van der Waals surface area contributed by atoms with Crippen LogP contribution in [0.4, 0.5) is 5.69 Å². The van der Waals surface area contributed by atoms with Gasteiger partial charge >= 0.3 is 5.97 Å². The Balaban J connectivity index is 1.94. The van der Waals surface area contributed by atoms with Crippen molar-refractivity contribution >= 4 is 17.6 Å². The molecule has 0 atom stereocenters. The monoisotopic (exact) mass is 251 g/mol. The number of aromatic nitrogens is 1. The molecule has 0 bridgehead atoms. The number of piperidine rings is 1. The molecule has 1 aromatic rings. The minimum Gasteiger partial charge on any atom is -0.469 e. The van der Waals surface area contributed by atoms with Crippen LogP contribution in [0.5, 0.6) is 0 Å². The number of likely N-dealkylation sites (tertiary alicyclic amines) is 1. The van der Waals surface area contributed by atoms with E-state index in [9.17, 15) is 9.59 Å². The standard InChI is InChI=1S/C12H17N3O3/c1-18-12(17)8-2-4-15(5-3-8)11(16)10-6-9(13)7-14-10/h6-8,14H,2-5,13H2,1H3. The van der Waals surface area contributed by atoms with Crippen molar-refractivity contribution in [2.24, 2.45) is 5.92 Å². The Labute approximate surface area is 105 Å². The lowest BCUT2D eigenvalue weighted by molar-refractivity contribution is -0.146. The Bertz CT molecular complexity index is 447. The van der Waals surface area contributed by atoms with Crippen molar-refractivity contribution in [3.8, 4) is 0 Å². The molecule has 0 spiro atoms. The van der Waals surface area contributed by atoms with Gasteiger partial charge in [-0.15, -0.1) is 0 Å². The van der Waals surface area contributed by atoms with Crippen molar-refractivity contribution in [3.05, 3.63) is 18.0 Å². The predicted octanol–water partition coefficient (Wildman–Crippen LogP) is 0.622. The zero-order valence-corrected chi connectivity index (χ0v) is 10.3. The van der Waals surface area contributed by atoms with Gasteiger partial charge in [-0.3, -0.25) is 9.59 Å². The molecule has 1 fully saturated rings. The molecule has 0 saturated carbocycles. The van der Waals surface area contributed by atoms with Crippen LogP contribution in [0.15, 0.2) is 12.3 Å². The molecular formula is C12H17N3O3. The van der Waals surface area contributed by atoms with Gasteiger partial charge in [0.2, 0.25) is 0 Å². The highest BCUT2D eigenvalue weighted by Gasteiger charge is 2.28. The van der Waals surface area contributed by atoms with Gasteiger partial charge in [0.15, 0.2) is 0 Å². The molecule has 0 aromatic carbocycles. The number of H-pyrrole nitrogens is 1. The number of amides is 1. The number of nitrogens with one attached hydrogen (secondary N) is 1. The van der Waals surface area contributed by atoms with Crippen molar-refractivity contribution in [2.75, 3.05) is 25.9 Å². The van der Waals surface area contributed by atoms with Crippen LogP contribution in [0.2, 0.25) is 0 Å². The Kier molecular flexibility index (Phi) is 3.55. The van der Waals surface area contributed by atoms with E-state index in [-0.39, 0.29) is 17.8 Å². The van der Waals surface area contributed by atoms with Crippen LogP contribution in [-0.4, -0.2) is 42.0 Å². The average molecular weight is 251 g/mol. The maximum atomic E-state index is 12.1. The van der Waals surface area contributed by atoms with Gasteiger partial charge < -0.3 is 20.4 Å². The quantitative estimate of drug-likeness (QED) is 0.754. The van der Waals surface area contributed by atoms with Crippen LogP contribution in [0, 0.1) is 5.92 Å². The molecule has 1 saturated heterocycles. The van der Waals surface area contributed by atoms with Gasteiger partial charge in [-0.1, -0.05) is 0 Å². The summed E-state index contributed by atoms with van der Waals surface area (Å²) in [7, 11) is 1.39. The normalized spacial score (nSPS) is 16.6. The molecule has 0 radical (unpaired) electrons. The van der Waals surface area contributed by atoms with Crippen molar-refractivity contribution in [3.63, 3.8) is 0 Å². The smallest absolute Gasteiger partial charge is 0.308 e. The third kappa shape index (κ3) is 2.47. The summed E-state index contributed by atoms with van der Waals surface area (Å²) in [5.74, 6) is -0.353. The summed E-state index contributed by atoms with van der Waals surface area (Å²) in [5.41, 5.74) is 6.60. The summed E-state index contributed by atoms with van der Waals surface area (Å²) in [6, 6.07) is 1.62. The molecule has 0 unspecified atom stereocenters. The number of carbonyl (C=O) groups excluding carboxylic acids is 2. The second kappa shape index (κ2) is 5.12. The van der Waals surface area contributed by atoms with Crippen LogP contribution in [0.3, 0.4) is 0 Å². The molecule has 98 valence electrons. The predicted molar refractivity (Wildman–Crippen MR) is 65.8 cm³/mol. The lowest BCUT2D eigenvalue weighted by atomic mass is 9.97. The van der Waals surface area contributed by atoms with Crippen LogP contribution in [-0.2, 0) is 9.53 Å². The first-order chi connectivity index (χ1) is 8.61. The fourth-order valence-corrected chi connectivity index (χ4v) is 2.19. The Morgan fingerprint density at radius 3 is 2.61 bits per heavy atom. The van der Waals surface area contributed by atoms with Crippen molar-refractivity contribution in [1.29, 1.82) is 0 Å². The van der Waals surface area contributed by atoms with E-state index >= 15 is 0 Å². The summed E-state index contributed by atoms with van der Waals surface area (Å²) in [6.07, 6.45) is 2.89. The van der Waals surface area contributed by atoms with E-state index in [1.54, 1.807) is 17.2 Å². The Morgan fingerprint density at radius 2 is 2.11 bits per heavy atom. The molecule has 3 N–H and O–H groups in total. The topological polar surface area (TPSA) is 88.4 Å². The fraction of sp³-hybridized carbons (Fsp3) is 0.500. The van der Waals surface area contributed by atoms with Crippen LogP contribution in [0.1, 0.15) is 23.3 Å². The fourth-order valence-electron chi connectivity index (χ4n) is 2.19. The molecule has 1 aliphatic heterocycles. The molecule has 1 amide bonds. The first-order valence-electron chi connectivity index (χ1n) is 5.93. The van der Waals surface area contributed by atoms with Gasteiger partial charge in [0.25, 0.3) is 5.91 Å². The molecule has 2 heterocycles. The summed E-state index contributed by atoms with van der Waals surface area (Å²) in [6.45, 7) is 1.13. The van der Waals surface area contributed by atoms with Crippen LogP contribution < -0.4 is 5.73 Å². The number of aromatic amines is 1. The molecule has 6 heteroatoms. The van der Waals surface area contributed by atoms with E-state index in [0.29, 0.717) is 37.3 Å². The third-order valence-electron chi connectivity index (χ3n) is 3.25. The summed E-state index contributed by atoms with van der Waals surface area (Å²) in [5, 5.41) is 0. The first kappa shape index (κ1) is 12.5. The number of hydrogen-bond donors (Lipinski definition) is 2. The van der Waals surface area contributed by atoms with E-state index in [1.807, 2.05) is 0 Å². The SMILES string of the molecule is COC(=O)C1CCN(C(=O)c2cc(N)c[nH]2)CC1. The lowest BCUT2D eigenvalue weighted by Gasteiger charge is -2.30. The minimum atomic E-state index is -0.189. The van der Waals surface area contributed by atoms with Gasteiger partial charge in [-0.2, -0.15) is 0 Å². The maximum Gasteiger partial charge on any atom is 0.308 e. The number of hydrogen-bond acceptors (Lipinski definition) is 4. The number of esters is 1. The molecular weight excluding hydrogens is 234 g/mol. The number of nitrogens with zero attached hydrogens (tertiary/aromatic N) is 1. The number of ether oxygens (including phenoxy) is 1. The van der Waals surface area contributed by atoms with Crippen molar-refractivity contribution in [1.82, 2.24) is 9.88 Å². The Morgan fingerprint density at radius 1 is 1.44 bits per heavy atom. The maximum absolute atomic E-state index is 12.1. The summed E-state index contributed by atoms with van der Waals surface area (Å²) in [4.78, 5) is 28.0. The summed E-state index contributed by atoms with van der Waals surface area (Å²) < 4.78 is 4.71. The molecule has 6 nitrogen and oxygen atoms in total. The van der Waals surface area contributed by atoms with Gasteiger partial charge in [0.05, 0.1) is 13.0 Å². The number of methoxy groups -OCH3 is 1. The number of carbonyl (C=O) groups is 2. The largest absolute Gasteiger partial charge is 0.469 e. The lowest BCUT2D eigenvalue weighted by Crippen LogP contribution is -2.40. The first-order valence-corrected chi connectivity index (χ1v) is 5.93. The van der Waals surface area contributed by atoms with E-state index < -0.39 is 0 Å². The highest BCUT2D eigenvalue weighted by atomic mass is 16.5. The van der Waals surface area contributed by atoms with Gasteiger partial charge in [0, 0.05) is 25.0 Å². The number of rotatable bonds is 2. The average Bonchev–Trinajstić information content (AvgIpc) is 2.84. The van der Waals surface area contributed by atoms with E-state index in [0.717, 1.165) is 0 Å². The molecule has 2 rings (SSSR count).